The molecule has 42 heavy (non-hydrogen) atoms. The van der Waals surface area contributed by atoms with Crippen molar-refractivity contribution < 1.29 is 46.4 Å². The number of hydrogen-bond donors (Lipinski definition) is 3. The lowest BCUT2D eigenvalue weighted by atomic mass is 9.95. The van der Waals surface area contributed by atoms with Crippen LogP contribution in [-0.4, -0.2) is 49.7 Å². The van der Waals surface area contributed by atoms with Crippen LogP contribution in [0.5, 0.6) is 23.0 Å². The minimum Gasteiger partial charge on any atom is -0.497 e. The highest BCUT2D eigenvalue weighted by molar-refractivity contribution is 6.30. The van der Waals surface area contributed by atoms with Crippen LogP contribution in [0.3, 0.4) is 0 Å². The third kappa shape index (κ3) is 7.77. The Bertz CT molecular complexity index is 1530. The first-order valence-corrected chi connectivity index (χ1v) is 13.0. The molecule has 0 bridgehead atoms. The van der Waals surface area contributed by atoms with Gasteiger partial charge in [-0.15, -0.1) is 13.2 Å². The van der Waals surface area contributed by atoms with Crippen molar-refractivity contribution >= 4 is 34.0 Å². The van der Waals surface area contributed by atoms with Gasteiger partial charge in [0.1, 0.15) is 29.9 Å². The summed E-state index contributed by atoms with van der Waals surface area (Å²) >= 11 is 6.13. The van der Waals surface area contributed by atoms with Gasteiger partial charge in [0.25, 0.3) is 0 Å². The van der Waals surface area contributed by atoms with Gasteiger partial charge in [-0.1, -0.05) is 31.5 Å². The molecule has 8 nitrogen and oxygen atoms in total. The predicted octanol–water partition coefficient (Wildman–Crippen LogP) is 7.31. The maximum atomic E-state index is 14.3. The number of fused-ring (bicyclic) bond motifs is 1. The third-order valence-electron chi connectivity index (χ3n) is 5.78. The lowest BCUT2D eigenvalue weighted by molar-refractivity contribution is -0.275. The van der Waals surface area contributed by atoms with Gasteiger partial charge in [-0.05, 0) is 18.2 Å². The fourth-order valence-electron chi connectivity index (χ4n) is 4.08. The number of aromatic amines is 1. The molecule has 3 aromatic carbocycles. The third-order valence-corrected chi connectivity index (χ3v) is 6.02. The van der Waals surface area contributed by atoms with E-state index in [0.717, 1.165) is 12.1 Å². The molecule has 0 aliphatic carbocycles. The van der Waals surface area contributed by atoms with Gasteiger partial charge in [-0.3, -0.25) is 4.79 Å². The number of hydrogen-bond acceptors (Lipinski definition) is 7. The van der Waals surface area contributed by atoms with Crippen molar-refractivity contribution in [3.05, 3.63) is 76.7 Å². The van der Waals surface area contributed by atoms with Gasteiger partial charge in [-0.2, -0.15) is 0 Å². The van der Waals surface area contributed by atoms with E-state index in [1.165, 1.54) is 26.5 Å². The number of carbonyl (C=O) groups is 1. The van der Waals surface area contributed by atoms with Crippen molar-refractivity contribution in [1.29, 1.82) is 0 Å². The van der Waals surface area contributed by atoms with Crippen LogP contribution in [0.4, 0.5) is 23.2 Å². The van der Waals surface area contributed by atoms with Crippen molar-refractivity contribution in [2.24, 2.45) is 0 Å². The zero-order valence-electron chi connectivity index (χ0n) is 23.1. The van der Waals surface area contributed by atoms with E-state index in [9.17, 15) is 22.4 Å². The van der Waals surface area contributed by atoms with E-state index in [4.69, 9.17) is 30.9 Å². The molecule has 1 unspecified atom stereocenters. The molecule has 0 saturated carbocycles. The highest BCUT2D eigenvalue weighted by Gasteiger charge is 2.33. The van der Waals surface area contributed by atoms with Crippen LogP contribution in [0.1, 0.15) is 35.8 Å². The Labute approximate surface area is 244 Å². The van der Waals surface area contributed by atoms with Gasteiger partial charge in [0, 0.05) is 63.2 Å². The maximum absolute atomic E-state index is 14.3. The Hall–Kier alpha value is -4.16. The van der Waals surface area contributed by atoms with E-state index in [1.54, 1.807) is 30.3 Å². The summed E-state index contributed by atoms with van der Waals surface area (Å²) in [5, 5.41) is 12.6. The highest BCUT2D eigenvalue weighted by Crippen LogP contribution is 2.37. The summed E-state index contributed by atoms with van der Waals surface area (Å²) in [6.07, 6.45) is -3.87. The van der Waals surface area contributed by atoms with Gasteiger partial charge < -0.3 is 34.4 Å². The van der Waals surface area contributed by atoms with Crippen LogP contribution in [0.2, 0.25) is 5.02 Å². The second kappa shape index (κ2) is 14.1. The summed E-state index contributed by atoms with van der Waals surface area (Å²) in [4.78, 5) is 16.8. The lowest BCUT2D eigenvalue weighted by Gasteiger charge is -2.22. The zero-order valence-corrected chi connectivity index (χ0v) is 23.8. The first kappa shape index (κ1) is 32.4. The average molecular weight is 613 g/mol. The van der Waals surface area contributed by atoms with E-state index in [1.807, 2.05) is 13.8 Å². The molecule has 1 aromatic heterocycles. The molecule has 4 rings (SSSR count). The number of aromatic nitrogens is 1. The standard InChI is InChI=1S/C27H23ClF4N2O6.C2H6/c1-37-16-8-15(9-17(10-16)39-6-5-35)34-25(18-4-3-14(28)7-23(18)38-2)26(36)20-13-33-22-12-21(29)24(11-19(20)22)40-27(30,31)32;1-2/h3-4,7-13,25,33-35H,5-6H2,1-2H3;1-2H3. The van der Waals surface area contributed by atoms with Crippen LogP contribution in [-0.2, 0) is 0 Å². The second-order valence-electron chi connectivity index (χ2n) is 8.38. The maximum Gasteiger partial charge on any atom is 0.573 e. The number of benzene rings is 3. The number of halogens is 5. The predicted molar refractivity (Wildman–Crippen MR) is 151 cm³/mol. The van der Waals surface area contributed by atoms with Crippen LogP contribution in [0.25, 0.3) is 10.9 Å². The monoisotopic (exact) mass is 612 g/mol. The first-order chi connectivity index (χ1) is 20.0. The SMILES string of the molecule is CC.COc1cc(NC(C(=O)c2c[nH]c3cc(F)c(OC(F)(F)F)cc23)c2ccc(Cl)cc2OC)cc(OCCO)c1. The van der Waals surface area contributed by atoms with Crippen molar-refractivity contribution in [3.63, 3.8) is 0 Å². The van der Waals surface area contributed by atoms with E-state index in [-0.39, 0.29) is 35.4 Å². The van der Waals surface area contributed by atoms with Crippen molar-refractivity contribution in [3.8, 4) is 23.0 Å². The number of ether oxygens (including phenoxy) is 4. The van der Waals surface area contributed by atoms with E-state index in [0.29, 0.717) is 27.8 Å². The number of Topliss-reactive ketones (excluding diaryl/α,β-unsaturated/α-hetero) is 1. The van der Waals surface area contributed by atoms with Crippen LogP contribution in [0, 0.1) is 5.82 Å². The molecule has 13 heteroatoms. The largest absolute Gasteiger partial charge is 0.573 e. The second-order valence-corrected chi connectivity index (χ2v) is 8.81. The van der Waals surface area contributed by atoms with Crippen LogP contribution < -0.4 is 24.3 Å². The zero-order chi connectivity index (χ0) is 31.0. The van der Waals surface area contributed by atoms with E-state index < -0.39 is 29.8 Å². The number of ketones is 1. The topological polar surface area (TPSA) is 102 Å². The number of rotatable bonds is 11. The van der Waals surface area contributed by atoms with Crippen molar-refractivity contribution in [2.45, 2.75) is 26.3 Å². The number of aliphatic hydroxyl groups excluding tert-OH is 1. The van der Waals surface area contributed by atoms with E-state index in [2.05, 4.69) is 15.0 Å². The molecule has 1 heterocycles. The molecule has 0 saturated heterocycles. The Morgan fingerprint density at radius 3 is 2.38 bits per heavy atom. The summed E-state index contributed by atoms with van der Waals surface area (Å²) < 4.78 is 72.9. The molecule has 0 aliphatic rings. The van der Waals surface area contributed by atoms with Gasteiger partial charge in [0.15, 0.2) is 17.3 Å². The number of methoxy groups -OCH3 is 2. The average Bonchev–Trinajstić information content (AvgIpc) is 3.37. The molecular formula is C29H29ClF4N2O6. The molecule has 3 N–H and O–H groups in total. The van der Waals surface area contributed by atoms with Gasteiger partial charge in [0.2, 0.25) is 0 Å². The molecule has 0 aliphatic heterocycles. The summed E-state index contributed by atoms with van der Waals surface area (Å²) in [6, 6.07) is 9.79. The fraction of sp³-hybridized carbons (Fsp3) is 0.276. The first-order valence-electron chi connectivity index (χ1n) is 12.7. The number of carbonyl (C=O) groups excluding carboxylic acids is 1. The summed E-state index contributed by atoms with van der Waals surface area (Å²) in [6.45, 7) is 3.78. The Morgan fingerprint density at radius 1 is 1.02 bits per heavy atom. The molecule has 0 radical (unpaired) electrons. The summed E-state index contributed by atoms with van der Waals surface area (Å²) in [7, 11) is 2.82. The summed E-state index contributed by atoms with van der Waals surface area (Å²) in [5.74, 6) is -1.97. The number of aliphatic hydroxyl groups is 1. The molecule has 4 aromatic rings. The molecular weight excluding hydrogens is 584 g/mol. The number of H-pyrrole nitrogens is 1. The summed E-state index contributed by atoms with van der Waals surface area (Å²) in [5.41, 5.74) is 0.754. The Kier molecular flexibility index (Phi) is 10.9. The number of anilines is 1. The Balaban J connectivity index is 0.00000237. The molecule has 0 amide bonds. The Morgan fingerprint density at radius 2 is 1.74 bits per heavy atom. The molecule has 1 atom stereocenters. The molecule has 0 spiro atoms. The molecule has 0 fully saturated rings. The lowest BCUT2D eigenvalue weighted by Crippen LogP contribution is -2.22. The van der Waals surface area contributed by atoms with Gasteiger partial charge >= 0.3 is 6.36 Å². The number of alkyl halides is 3. The van der Waals surface area contributed by atoms with E-state index >= 15 is 0 Å². The number of nitrogens with one attached hydrogen (secondary N) is 2. The van der Waals surface area contributed by atoms with Crippen molar-refractivity contribution in [2.75, 3.05) is 32.8 Å². The molecule has 226 valence electrons. The van der Waals surface area contributed by atoms with Crippen LogP contribution in [0.15, 0.2) is 54.7 Å². The smallest absolute Gasteiger partial charge is 0.497 e. The van der Waals surface area contributed by atoms with Crippen molar-refractivity contribution in [1.82, 2.24) is 4.98 Å². The minimum atomic E-state index is -5.14. The van der Waals surface area contributed by atoms with Gasteiger partial charge in [0.05, 0.1) is 20.8 Å². The fourth-order valence-corrected chi connectivity index (χ4v) is 4.24. The highest BCUT2D eigenvalue weighted by atomic mass is 35.5. The minimum absolute atomic E-state index is 0.00277. The van der Waals surface area contributed by atoms with Crippen LogP contribution >= 0.6 is 11.6 Å². The quantitative estimate of drug-likeness (QED) is 0.121. The normalized spacial score (nSPS) is 11.8. The van der Waals surface area contributed by atoms with Gasteiger partial charge in [-0.25, -0.2) is 4.39 Å².